The minimum atomic E-state index is -0.204. The van der Waals surface area contributed by atoms with Gasteiger partial charge in [-0.05, 0) is 0 Å². The summed E-state index contributed by atoms with van der Waals surface area (Å²) in [5.74, 6) is 0. The van der Waals surface area contributed by atoms with Crippen molar-refractivity contribution in [1.82, 2.24) is 4.90 Å². The van der Waals surface area contributed by atoms with Crippen LogP contribution in [0.5, 0.6) is 0 Å². The Balaban J connectivity index is 2.21. The van der Waals surface area contributed by atoms with Gasteiger partial charge in [-0.2, -0.15) is 0 Å². The van der Waals surface area contributed by atoms with Gasteiger partial charge in [-0.3, -0.25) is 0 Å². The third kappa shape index (κ3) is 1.88. The molecule has 1 N–H and O–H groups in total. The molecule has 0 aromatic heterocycles. The van der Waals surface area contributed by atoms with Gasteiger partial charge in [0.25, 0.3) is 0 Å². The van der Waals surface area contributed by atoms with Crippen LogP contribution in [-0.2, 0) is 4.70 Å². The van der Waals surface area contributed by atoms with Crippen molar-refractivity contribution >= 4 is 7.15 Å². The van der Waals surface area contributed by atoms with E-state index in [1.165, 1.54) is 0 Å². The molecular formula is C5H10BNO2. The number of hydrogen-bond acceptors (Lipinski definition) is 3. The van der Waals surface area contributed by atoms with Gasteiger partial charge in [-0.1, -0.05) is 0 Å². The number of likely N-dealkylation sites (tertiary alicyclic amines) is 1. The Morgan fingerprint density at radius 2 is 2.56 bits per heavy atom. The summed E-state index contributed by atoms with van der Waals surface area (Å²) in [7, 11) is 0.873. The van der Waals surface area contributed by atoms with E-state index >= 15 is 0 Å². The van der Waals surface area contributed by atoms with Crippen LogP contribution in [0.2, 0.25) is 0 Å². The molecule has 1 aliphatic heterocycles. The second-order valence-corrected chi connectivity index (χ2v) is 2.37. The summed E-state index contributed by atoms with van der Waals surface area (Å²) in [5, 5.41) is 8.97. The first-order valence-corrected chi connectivity index (χ1v) is 3.17. The van der Waals surface area contributed by atoms with Crippen LogP contribution in [0.1, 0.15) is 6.42 Å². The molecule has 9 heavy (non-hydrogen) atoms. The number of β-amino-alcohol motifs (C(OH)–C–C–N with tert-alkyl or cyclic N) is 1. The van der Waals surface area contributed by atoms with E-state index in [2.05, 4.69) is 0 Å². The second kappa shape index (κ2) is 3.08. The normalized spacial score (nSPS) is 28.3. The van der Waals surface area contributed by atoms with Crippen molar-refractivity contribution in [2.75, 3.05) is 19.5 Å². The van der Waals surface area contributed by atoms with E-state index < -0.39 is 0 Å². The first-order chi connectivity index (χ1) is 4.33. The van der Waals surface area contributed by atoms with E-state index in [-0.39, 0.29) is 6.10 Å². The number of rotatable bonds is 2. The molecule has 1 atom stereocenters. The van der Waals surface area contributed by atoms with Crippen molar-refractivity contribution in [2.24, 2.45) is 0 Å². The maximum absolute atomic E-state index is 9.94. The predicted octanol–water partition coefficient (Wildman–Crippen LogP) is -0.940. The van der Waals surface area contributed by atoms with Crippen LogP contribution in [0.15, 0.2) is 0 Å². The summed E-state index contributed by atoms with van der Waals surface area (Å²) in [6, 6.07) is 0. The van der Waals surface area contributed by atoms with Crippen molar-refractivity contribution in [3.8, 4) is 0 Å². The van der Waals surface area contributed by atoms with E-state index in [1.807, 2.05) is 4.90 Å². The Bertz CT molecular complexity index is 109. The average molecular weight is 127 g/mol. The van der Waals surface area contributed by atoms with E-state index in [9.17, 15) is 4.70 Å². The molecule has 0 aromatic rings. The van der Waals surface area contributed by atoms with E-state index in [1.54, 1.807) is 0 Å². The van der Waals surface area contributed by atoms with Gasteiger partial charge in [0, 0.05) is 0 Å². The number of hydrogen-bond donors (Lipinski definition) is 1. The number of aliphatic hydroxyl groups excluding tert-OH is 1. The van der Waals surface area contributed by atoms with Gasteiger partial charge in [0.05, 0.1) is 0 Å². The molecule has 1 saturated heterocycles. The van der Waals surface area contributed by atoms with Crippen LogP contribution < -0.4 is 0 Å². The van der Waals surface area contributed by atoms with Gasteiger partial charge in [0.2, 0.25) is 0 Å². The van der Waals surface area contributed by atoms with Gasteiger partial charge in [0.15, 0.2) is 0 Å². The third-order valence-electron chi connectivity index (χ3n) is 1.58. The molecule has 1 fully saturated rings. The molecule has 0 amide bonds. The molecule has 0 spiro atoms. The molecule has 1 heterocycles. The van der Waals surface area contributed by atoms with Crippen LogP contribution in [0.4, 0.5) is 0 Å². The SMILES string of the molecule is O=BCN1CCC(O)C1. The molecule has 4 heteroatoms. The molecule has 0 saturated carbocycles. The molecular weight excluding hydrogens is 117 g/mol. The monoisotopic (exact) mass is 127 g/mol. The Morgan fingerprint density at radius 3 is 3.00 bits per heavy atom. The van der Waals surface area contributed by atoms with Gasteiger partial charge < -0.3 is 0 Å². The molecule has 3 nitrogen and oxygen atoms in total. The predicted molar refractivity (Wildman–Crippen MR) is 33.5 cm³/mol. The molecule has 1 unspecified atom stereocenters. The summed E-state index contributed by atoms with van der Waals surface area (Å²) in [6.07, 6.45) is 1.08. The van der Waals surface area contributed by atoms with Crippen LogP contribution >= 0.6 is 0 Å². The summed E-state index contributed by atoms with van der Waals surface area (Å²) >= 11 is 0. The first kappa shape index (κ1) is 6.90. The van der Waals surface area contributed by atoms with Crippen LogP contribution in [0, 0.1) is 0 Å². The topological polar surface area (TPSA) is 40.5 Å². The molecule has 1 aliphatic rings. The summed E-state index contributed by atoms with van der Waals surface area (Å²) in [4.78, 5) is 1.94. The van der Waals surface area contributed by atoms with Crippen LogP contribution in [0.3, 0.4) is 0 Å². The molecule has 50 valence electrons. The summed E-state index contributed by atoms with van der Waals surface area (Å²) < 4.78 is 9.94. The maximum atomic E-state index is 9.94. The Kier molecular flexibility index (Phi) is 2.36. The van der Waals surface area contributed by atoms with Crippen molar-refractivity contribution in [1.29, 1.82) is 0 Å². The molecule has 0 aromatic carbocycles. The fourth-order valence-corrected chi connectivity index (χ4v) is 1.08. The third-order valence-corrected chi connectivity index (χ3v) is 1.58. The number of nitrogens with zero attached hydrogens (tertiary/aromatic N) is 1. The summed E-state index contributed by atoms with van der Waals surface area (Å²) in [5.41, 5.74) is 0. The fourth-order valence-electron chi connectivity index (χ4n) is 1.08. The first-order valence-electron chi connectivity index (χ1n) is 3.17. The Labute approximate surface area is 54.9 Å². The van der Waals surface area contributed by atoms with Gasteiger partial charge in [-0.25, -0.2) is 0 Å². The average Bonchev–Trinajstić information content (AvgIpc) is 2.17. The van der Waals surface area contributed by atoms with Crippen molar-refractivity contribution in [3.63, 3.8) is 0 Å². The number of aliphatic hydroxyl groups is 1. The van der Waals surface area contributed by atoms with Gasteiger partial charge >= 0.3 is 53.9 Å². The van der Waals surface area contributed by atoms with Crippen LogP contribution in [0.25, 0.3) is 0 Å². The van der Waals surface area contributed by atoms with E-state index in [4.69, 9.17) is 5.11 Å². The van der Waals surface area contributed by atoms with Gasteiger partial charge in [-0.15, -0.1) is 0 Å². The van der Waals surface area contributed by atoms with Crippen molar-refractivity contribution in [2.45, 2.75) is 12.5 Å². The standard InChI is InChI=1S/C5H10BNO2/c8-5-1-2-7(3-5)4-6-9/h5,8H,1-4H2. The Morgan fingerprint density at radius 1 is 1.78 bits per heavy atom. The summed E-state index contributed by atoms with van der Waals surface area (Å²) in [6.45, 7) is 1.53. The second-order valence-electron chi connectivity index (χ2n) is 2.37. The molecule has 0 bridgehead atoms. The van der Waals surface area contributed by atoms with Crippen molar-refractivity contribution < 1.29 is 9.81 Å². The Hall–Kier alpha value is -0.215. The zero-order valence-corrected chi connectivity index (χ0v) is 5.29. The zero-order valence-electron chi connectivity index (χ0n) is 5.29. The fraction of sp³-hybridized carbons (Fsp3) is 1.00. The van der Waals surface area contributed by atoms with Crippen LogP contribution in [-0.4, -0.2) is 42.8 Å². The molecule has 0 radical (unpaired) electrons. The molecule has 1 rings (SSSR count). The van der Waals surface area contributed by atoms with E-state index in [0.717, 1.165) is 20.1 Å². The molecule has 0 aliphatic carbocycles. The van der Waals surface area contributed by atoms with Crippen molar-refractivity contribution in [3.05, 3.63) is 0 Å². The zero-order chi connectivity index (χ0) is 6.69. The minimum absolute atomic E-state index is 0.204. The van der Waals surface area contributed by atoms with E-state index in [0.29, 0.717) is 13.0 Å². The van der Waals surface area contributed by atoms with Gasteiger partial charge in [0.1, 0.15) is 0 Å². The quantitative estimate of drug-likeness (QED) is 0.486.